The number of hydrogen-bond donors (Lipinski definition) is 1. The Morgan fingerprint density at radius 1 is 1.34 bits per heavy atom. The van der Waals surface area contributed by atoms with E-state index in [1.54, 1.807) is 13.0 Å². The van der Waals surface area contributed by atoms with Crippen LogP contribution in [0.1, 0.15) is 37.8 Å². The number of rotatable bonds is 7. The van der Waals surface area contributed by atoms with Crippen LogP contribution in [0.5, 0.6) is 5.75 Å². The number of halogens is 2. The van der Waals surface area contributed by atoms with Gasteiger partial charge >= 0.3 is 6.09 Å². The molecule has 32 heavy (non-hydrogen) atoms. The van der Waals surface area contributed by atoms with Crippen LogP contribution < -0.4 is 15.4 Å². The number of hydrogen-bond acceptors (Lipinski definition) is 7. The first-order chi connectivity index (χ1) is 15.4. The Hall–Kier alpha value is -3.20. The third-order valence-corrected chi connectivity index (χ3v) is 5.68. The van der Waals surface area contributed by atoms with Gasteiger partial charge in [0.05, 0.1) is 18.2 Å². The van der Waals surface area contributed by atoms with Crippen LogP contribution in [-0.2, 0) is 4.74 Å². The monoisotopic (exact) mass is 459 g/mol. The molecular weight excluding hydrogens is 437 g/mol. The number of nitrogens with zero attached hydrogens (tertiary/aromatic N) is 4. The largest absolute Gasteiger partial charge is 0.493 e. The van der Waals surface area contributed by atoms with E-state index in [1.165, 1.54) is 18.5 Å². The van der Waals surface area contributed by atoms with Crippen molar-refractivity contribution in [3.05, 3.63) is 53.2 Å². The fourth-order valence-electron chi connectivity index (χ4n) is 3.93. The Labute approximate surface area is 189 Å². The lowest BCUT2D eigenvalue weighted by Gasteiger charge is -2.28. The summed E-state index contributed by atoms with van der Waals surface area (Å²) in [5.41, 5.74) is 6.97. The topological polar surface area (TPSA) is 103 Å². The minimum Gasteiger partial charge on any atom is -0.493 e. The summed E-state index contributed by atoms with van der Waals surface area (Å²) >= 11 is 6.21. The van der Waals surface area contributed by atoms with Gasteiger partial charge in [0.1, 0.15) is 35.3 Å². The maximum absolute atomic E-state index is 14.2. The number of benzene rings is 1. The van der Waals surface area contributed by atoms with Crippen molar-refractivity contribution >= 4 is 34.5 Å². The van der Waals surface area contributed by atoms with Crippen molar-refractivity contribution in [3.63, 3.8) is 0 Å². The molecule has 2 aromatic heterocycles. The second kappa shape index (κ2) is 9.52. The number of amides is 1. The average Bonchev–Trinajstić information content (AvgIpc) is 3.24. The fraction of sp³-hybridized carbons (Fsp3) is 0.364. The number of anilines is 1. The number of ether oxygens (including phenoxy) is 2. The van der Waals surface area contributed by atoms with Gasteiger partial charge in [-0.2, -0.15) is 0 Å². The Morgan fingerprint density at radius 2 is 2.19 bits per heavy atom. The standard InChI is InChI=1S/C22H23ClFN5O3/c1-13(32-22(25)30)8-10-31-18-6-4-14(24)11-15(18)17-3-2-9-29(17)19-7-5-16-20(28-19)21(23)27-12-26-16/h4-7,11-13,17H,2-3,8-10H2,1H3,(H2,25,30). The first-order valence-electron chi connectivity index (χ1n) is 10.3. The fourth-order valence-corrected chi connectivity index (χ4v) is 4.11. The third kappa shape index (κ3) is 4.83. The van der Waals surface area contributed by atoms with Crippen LogP contribution in [0.2, 0.25) is 5.15 Å². The van der Waals surface area contributed by atoms with Gasteiger partial charge < -0.3 is 20.1 Å². The summed E-state index contributed by atoms with van der Waals surface area (Å²) in [7, 11) is 0. The molecule has 3 heterocycles. The average molecular weight is 460 g/mol. The summed E-state index contributed by atoms with van der Waals surface area (Å²) in [5, 5.41) is 0.287. The number of carbonyl (C=O) groups excluding carboxylic acids is 1. The summed E-state index contributed by atoms with van der Waals surface area (Å²) in [6, 6.07) is 8.11. The van der Waals surface area contributed by atoms with Crippen molar-refractivity contribution in [3.8, 4) is 5.75 Å². The van der Waals surface area contributed by atoms with Gasteiger partial charge in [0, 0.05) is 18.5 Å². The van der Waals surface area contributed by atoms with Gasteiger partial charge in [0.2, 0.25) is 0 Å². The first kappa shape index (κ1) is 22.0. The minimum atomic E-state index is -0.824. The minimum absolute atomic E-state index is 0.117. The van der Waals surface area contributed by atoms with Crippen molar-refractivity contribution in [2.24, 2.45) is 5.73 Å². The van der Waals surface area contributed by atoms with Gasteiger partial charge in [0.25, 0.3) is 0 Å². The number of nitrogens with two attached hydrogens (primary N) is 1. The highest BCUT2D eigenvalue weighted by Gasteiger charge is 2.30. The molecule has 0 radical (unpaired) electrons. The van der Waals surface area contributed by atoms with Crippen molar-refractivity contribution in [1.82, 2.24) is 15.0 Å². The molecule has 2 N–H and O–H groups in total. The second-order valence-corrected chi connectivity index (χ2v) is 7.98. The normalized spacial score (nSPS) is 16.8. The highest BCUT2D eigenvalue weighted by atomic mass is 35.5. The van der Waals surface area contributed by atoms with Crippen LogP contribution >= 0.6 is 11.6 Å². The number of primary amides is 1. The molecular formula is C22H23ClFN5O3. The van der Waals surface area contributed by atoms with Gasteiger partial charge in [-0.15, -0.1) is 0 Å². The molecule has 10 heteroatoms. The number of carbonyl (C=O) groups is 1. The Balaban J connectivity index is 1.58. The summed E-state index contributed by atoms with van der Waals surface area (Å²) in [5.74, 6) is 0.958. The molecule has 4 rings (SSSR count). The molecule has 8 nitrogen and oxygen atoms in total. The number of fused-ring (bicyclic) bond motifs is 1. The lowest BCUT2D eigenvalue weighted by molar-refractivity contribution is 0.101. The SMILES string of the molecule is CC(CCOc1ccc(F)cc1C1CCCN1c1ccc2ncnc(Cl)c2n1)OC(N)=O. The van der Waals surface area contributed by atoms with E-state index in [0.717, 1.165) is 30.8 Å². The first-order valence-corrected chi connectivity index (χ1v) is 10.7. The molecule has 0 bridgehead atoms. The summed E-state index contributed by atoms with van der Waals surface area (Å²) < 4.78 is 25.1. The quantitative estimate of drug-likeness (QED) is 0.522. The van der Waals surface area contributed by atoms with E-state index >= 15 is 0 Å². The van der Waals surface area contributed by atoms with Crippen LogP contribution in [-0.4, -0.2) is 40.3 Å². The van der Waals surface area contributed by atoms with Gasteiger partial charge in [-0.25, -0.2) is 24.1 Å². The predicted octanol–water partition coefficient (Wildman–Crippen LogP) is 4.41. The zero-order valence-electron chi connectivity index (χ0n) is 17.5. The second-order valence-electron chi connectivity index (χ2n) is 7.62. The summed E-state index contributed by atoms with van der Waals surface area (Å²) in [6.07, 6.45) is 2.39. The predicted molar refractivity (Wildman–Crippen MR) is 118 cm³/mol. The summed E-state index contributed by atoms with van der Waals surface area (Å²) in [6.45, 7) is 2.79. The lowest BCUT2D eigenvalue weighted by Crippen LogP contribution is -2.25. The molecule has 1 amide bonds. The van der Waals surface area contributed by atoms with E-state index in [4.69, 9.17) is 26.8 Å². The van der Waals surface area contributed by atoms with Crippen molar-refractivity contribution in [1.29, 1.82) is 0 Å². The highest BCUT2D eigenvalue weighted by molar-refractivity contribution is 6.33. The number of pyridine rings is 1. The zero-order valence-corrected chi connectivity index (χ0v) is 18.3. The van der Waals surface area contributed by atoms with E-state index in [1.807, 2.05) is 12.1 Å². The third-order valence-electron chi connectivity index (χ3n) is 5.40. The van der Waals surface area contributed by atoms with Crippen LogP contribution in [0.4, 0.5) is 15.0 Å². The van der Waals surface area contributed by atoms with Crippen LogP contribution in [0.15, 0.2) is 36.7 Å². The smallest absolute Gasteiger partial charge is 0.404 e. The maximum Gasteiger partial charge on any atom is 0.404 e. The van der Waals surface area contributed by atoms with Gasteiger partial charge in [0.15, 0.2) is 5.15 Å². The molecule has 1 aliphatic rings. The van der Waals surface area contributed by atoms with Gasteiger partial charge in [-0.05, 0) is 50.1 Å². The van der Waals surface area contributed by atoms with E-state index in [-0.39, 0.29) is 23.1 Å². The zero-order chi connectivity index (χ0) is 22.7. The maximum atomic E-state index is 14.2. The lowest BCUT2D eigenvalue weighted by atomic mass is 10.0. The molecule has 0 saturated carbocycles. The van der Waals surface area contributed by atoms with Crippen molar-refractivity contribution < 1.29 is 18.7 Å². The Morgan fingerprint density at radius 3 is 3.00 bits per heavy atom. The van der Waals surface area contributed by atoms with Crippen LogP contribution in [0.3, 0.4) is 0 Å². The molecule has 0 spiro atoms. The van der Waals surface area contributed by atoms with E-state index in [0.29, 0.717) is 29.8 Å². The summed E-state index contributed by atoms with van der Waals surface area (Å²) in [4.78, 5) is 25.9. The van der Waals surface area contributed by atoms with Crippen LogP contribution in [0.25, 0.3) is 11.0 Å². The molecule has 0 aliphatic carbocycles. The Kier molecular flexibility index (Phi) is 6.55. The van der Waals surface area contributed by atoms with E-state index in [9.17, 15) is 9.18 Å². The Bertz CT molecular complexity index is 1130. The molecule has 1 aromatic carbocycles. The highest BCUT2D eigenvalue weighted by Crippen LogP contribution is 2.40. The molecule has 2 unspecified atom stereocenters. The molecule has 3 aromatic rings. The molecule has 1 aliphatic heterocycles. The van der Waals surface area contributed by atoms with Crippen molar-refractivity contribution in [2.75, 3.05) is 18.1 Å². The molecule has 1 saturated heterocycles. The van der Waals surface area contributed by atoms with Crippen molar-refractivity contribution in [2.45, 2.75) is 38.3 Å². The molecule has 2 atom stereocenters. The molecule has 1 fully saturated rings. The van der Waals surface area contributed by atoms with Gasteiger partial charge in [-0.3, -0.25) is 0 Å². The van der Waals surface area contributed by atoms with E-state index < -0.39 is 6.09 Å². The van der Waals surface area contributed by atoms with E-state index in [2.05, 4.69) is 19.9 Å². The van der Waals surface area contributed by atoms with Gasteiger partial charge in [-0.1, -0.05) is 11.6 Å². The molecule has 168 valence electrons. The van der Waals surface area contributed by atoms with Crippen LogP contribution in [0, 0.1) is 5.82 Å². The number of aromatic nitrogens is 3.